The lowest BCUT2D eigenvalue weighted by molar-refractivity contribution is -0.146. The van der Waals surface area contributed by atoms with E-state index in [9.17, 15) is 34.8 Å². The maximum absolute atomic E-state index is 12.8. The molecule has 0 spiro atoms. The van der Waals surface area contributed by atoms with E-state index in [1.54, 1.807) is 0 Å². The molecule has 0 aromatic carbocycles. The fourth-order valence-corrected chi connectivity index (χ4v) is 13.5. The van der Waals surface area contributed by atoms with E-state index in [2.05, 4.69) is 61.1 Å². The minimum atomic E-state index is -0.532. The first-order valence-corrected chi connectivity index (χ1v) is 37.7. The number of carbonyl (C=O) groups excluding carboxylic acids is 3. The van der Waals surface area contributed by atoms with Crippen molar-refractivity contribution < 1.29 is 49.0 Å². The molecule has 4 N–H and O–H groups in total. The second kappa shape index (κ2) is 58.2. The summed E-state index contributed by atoms with van der Waals surface area (Å²) >= 11 is 0. The summed E-state index contributed by atoms with van der Waals surface area (Å²) in [4.78, 5) is 46.7. The van der Waals surface area contributed by atoms with Crippen LogP contribution < -0.4 is 0 Å². The topological polar surface area (TPSA) is 173 Å². The van der Waals surface area contributed by atoms with Crippen molar-refractivity contribution in [2.45, 2.75) is 297 Å². The van der Waals surface area contributed by atoms with Gasteiger partial charge in [-0.25, -0.2) is 0 Å². The van der Waals surface area contributed by atoms with Crippen LogP contribution in [-0.4, -0.2) is 192 Å². The Morgan fingerprint density at radius 3 is 1.13 bits per heavy atom. The molecule has 4 unspecified atom stereocenters. The zero-order chi connectivity index (χ0) is 61.5. The van der Waals surface area contributed by atoms with Crippen LogP contribution in [-0.2, 0) is 28.6 Å². The third kappa shape index (κ3) is 49.6. The zero-order valence-corrected chi connectivity index (χ0v) is 56.9. The number of hydrogen-bond acceptors (Lipinski definition) is 16. The number of aliphatic hydroxyl groups excluding tert-OH is 4. The van der Waals surface area contributed by atoms with Crippen LogP contribution in [0, 0.1) is 11.8 Å². The number of unbranched alkanes of at least 4 members (excludes halogenated alkanes) is 18. The van der Waals surface area contributed by atoms with Crippen LogP contribution in [0.25, 0.3) is 0 Å². The second-order valence-electron chi connectivity index (χ2n) is 24.9. The van der Waals surface area contributed by atoms with Crippen LogP contribution in [0.1, 0.15) is 273 Å². The summed E-state index contributed by atoms with van der Waals surface area (Å²) in [6, 6.07) is 0. The number of esters is 3. The van der Waals surface area contributed by atoms with Gasteiger partial charge < -0.3 is 39.5 Å². The normalized spacial score (nSPS) is 14.9. The predicted octanol–water partition coefficient (Wildman–Crippen LogP) is 14.1. The number of ether oxygens (including phenoxy) is 3. The van der Waals surface area contributed by atoms with E-state index in [4.69, 9.17) is 14.2 Å². The molecule has 0 saturated carbocycles. The van der Waals surface area contributed by atoms with Gasteiger partial charge in [0, 0.05) is 89.7 Å². The molecule has 84 heavy (non-hydrogen) atoms. The predicted molar refractivity (Wildman–Crippen MR) is 355 cm³/mol. The van der Waals surface area contributed by atoms with Crippen LogP contribution in [0.5, 0.6) is 0 Å². The number of piperazine rings is 1. The van der Waals surface area contributed by atoms with Gasteiger partial charge in [0.2, 0.25) is 0 Å². The van der Waals surface area contributed by atoms with Crippen LogP contribution in [0.15, 0.2) is 0 Å². The first kappa shape index (κ1) is 80.8. The van der Waals surface area contributed by atoms with Gasteiger partial charge >= 0.3 is 17.9 Å². The fourth-order valence-electron chi connectivity index (χ4n) is 11.2. The Kier molecular flexibility index (Phi) is 56.0. The Hall–Kier alpha value is -1.21. The van der Waals surface area contributed by atoms with Gasteiger partial charge in [0.1, 0.15) is 6.61 Å². The van der Waals surface area contributed by atoms with Gasteiger partial charge in [-0.1, -0.05) is 204 Å². The van der Waals surface area contributed by atoms with Crippen molar-refractivity contribution >= 4 is 39.5 Å². The Bertz CT molecular complexity index is 1410. The summed E-state index contributed by atoms with van der Waals surface area (Å²) in [5.41, 5.74) is 0. The Morgan fingerprint density at radius 1 is 0.393 bits per heavy atom. The third-order valence-corrected chi connectivity index (χ3v) is 19.8. The third-order valence-electron chi connectivity index (χ3n) is 17.2. The first-order valence-electron chi connectivity index (χ1n) is 35.2. The molecule has 0 aliphatic carbocycles. The van der Waals surface area contributed by atoms with Gasteiger partial charge in [0.25, 0.3) is 0 Å². The number of hydrogen-bond donors (Lipinski definition) is 4. The molecule has 4 atom stereocenters. The quantitative estimate of drug-likeness (QED) is 0.0196. The van der Waals surface area contributed by atoms with Gasteiger partial charge in [-0.15, -0.1) is 0 Å². The minimum Gasteiger partial charge on any atom is -0.465 e. The van der Waals surface area contributed by atoms with Crippen LogP contribution in [0.4, 0.5) is 0 Å². The Morgan fingerprint density at radius 2 is 0.726 bits per heavy atom. The summed E-state index contributed by atoms with van der Waals surface area (Å²) in [5.74, 6) is 2.55. The van der Waals surface area contributed by atoms with Crippen molar-refractivity contribution in [1.29, 1.82) is 0 Å². The standard InChI is InChI=1S/C68H134N4O10S2/c1-7-13-15-17-19-21-23-25-36-62(73)56-72(57-63(74)37-26-24-22-20-18-16-14-8-2)45-35-42-66(77)80-51-50-70-48-46-69(47-49-70)43-31-33-52-83-84-53-34-32-44-71(54-64(75)38-27-29-40-67(78)81-58-60(9-3)10-4)55-65(76)39-28-30-41-68(79)82-59-61(11-5)12-6/h60-65,73-76H,7-59H2,1-6H3. The second-order valence-corrected chi connectivity index (χ2v) is 27.7. The van der Waals surface area contributed by atoms with Crippen molar-refractivity contribution in [3.8, 4) is 0 Å². The average molecular weight is 1230 g/mol. The first-order chi connectivity index (χ1) is 40.8. The van der Waals surface area contributed by atoms with Crippen LogP contribution >= 0.6 is 21.6 Å². The minimum absolute atomic E-state index is 0.155. The van der Waals surface area contributed by atoms with Gasteiger partial charge in [-0.3, -0.25) is 29.1 Å². The Balaban J connectivity index is 2.37. The van der Waals surface area contributed by atoms with Crippen LogP contribution in [0.3, 0.4) is 0 Å². The Labute approximate surface area is 524 Å². The maximum atomic E-state index is 12.8. The highest BCUT2D eigenvalue weighted by Gasteiger charge is 2.21. The molecule has 1 heterocycles. The van der Waals surface area contributed by atoms with Crippen molar-refractivity contribution in [1.82, 2.24) is 19.6 Å². The molecule has 498 valence electrons. The monoisotopic (exact) mass is 1230 g/mol. The molecule has 1 fully saturated rings. The molecule has 0 radical (unpaired) electrons. The molecule has 0 amide bonds. The van der Waals surface area contributed by atoms with Gasteiger partial charge in [0.15, 0.2) is 0 Å². The summed E-state index contributed by atoms with van der Waals surface area (Å²) in [5, 5.41) is 44.1. The molecule has 0 aromatic heterocycles. The molecule has 1 rings (SSSR count). The highest BCUT2D eigenvalue weighted by atomic mass is 33.1. The van der Waals surface area contributed by atoms with Gasteiger partial charge in [0.05, 0.1) is 37.6 Å². The summed E-state index contributed by atoms with van der Waals surface area (Å²) in [7, 11) is 3.90. The lowest BCUT2D eigenvalue weighted by Gasteiger charge is -2.34. The van der Waals surface area contributed by atoms with E-state index < -0.39 is 24.4 Å². The van der Waals surface area contributed by atoms with Crippen molar-refractivity contribution in [2.24, 2.45) is 11.8 Å². The number of nitrogens with zero attached hydrogens (tertiary/aromatic N) is 4. The molecule has 1 saturated heterocycles. The summed E-state index contributed by atoms with van der Waals surface area (Å²) in [6.45, 7) is 23.8. The number of carbonyl (C=O) groups is 3. The summed E-state index contributed by atoms with van der Waals surface area (Å²) in [6.07, 6.45) is 33.9. The summed E-state index contributed by atoms with van der Waals surface area (Å²) < 4.78 is 16.7. The largest absolute Gasteiger partial charge is 0.465 e. The highest BCUT2D eigenvalue weighted by Crippen LogP contribution is 2.24. The molecule has 1 aliphatic rings. The van der Waals surface area contributed by atoms with E-state index >= 15 is 0 Å². The van der Waals surface area contributed by atoms with E-state index in [0.717, 1.165) is 147 Å². The highest BCUT2D eigenvalue weighted by molar-refractivity contribution is 8.76. The molecule has 14 nitrogen and oxygen atoms in total. The molecule has 16 heteroatoms. The molecular weight excluding hydrogens is 1100 g/mol. The van der Waals surface area contributed by atoms with E-state index in [-0.39, 0.29) is 17.9 Å². The zero-order valence-electron chi connectivity index (χ0n) is 55.3. The molecule has 0 aromatic rings. The van der Waals surface area contributed by atoms with Gasteiger partial charge in [-0.2, -0.15) is 0 Å². The number of rotatable bonds is 62. The molecule has 1 aliphatic heterocycles. The maximum Gasteiger partial charge on any atom is 0.305 e. The van der Waals surface area contributed by atoms with E-state index in [1.807, 2.05) is 21.6 Å². The van der Waals surface area contributed by atoms with E-state index in [0.29, 0.717) is 116 Å². The number of aliphatic hydroxyl groups is 4. The lowest BCUT2D eigenvalue weighted by Crippen LogP contribution is -2.47. The molecule has 0 bridgehead atoms. The molecular formula is C68H134N4O10S2. The van der Waals surface area contributed by atoms with Gasteiger partial charge in [-0.05, 0) is 102 Å². The van der Waals surface area contributed by atoms with Crippen molar-refractivity contribution in [3.05, 3.63) is 0 Å². The lowest BCUT2D eigenvalue weighted by atomic mass is 10.0. The van der Waals surface area contributed by atoms with E-state index in [1.165, 1.54) is 89.9 Å². The fraction of sp³-hybridized carbons (Fsp3) is 0.956. The average Bonchev–Trinajstić information content (AvgIpc) is 3.50. The van der Waals surface area contributed by atoms with Crippen molar-refractivity contribution in [3.63, 3.8) is 0 Å². The van der Waals surface area contributed by atoms with Crippen molar-refractivity contribution in [2.75, 3.05) is 110 Å². The SMILES string of the molecule is CCCCCCCCCCC(O)CN(CCCC(=O)OCCN1CCN(CCCCSSCCCCN(CC(O)CCCCC(=O)OCC(CC)CC)CC(O)CCCCC(=O)OCC(CC)CC)CC1)CC(O)CCCCCCCCCC. The van der Waals surface area contributed by atoms with Crippen LogP contribution in [0.2, 0.25) is 0 Å². The smallest absolute Gasteiger partial charge is 0.305 e.